The van der Waals surface area contributed by atoms with Gasteiger partial charge in [0.15, 0.2) is 5.82 Å². The fourth-order valence-corrected chi connectivity index (χ4v) is 5.39. The smallest absolute Gasteiger partial charge is 0.255 e. The van der Waals surface area contributed by atoms with Crippen LogP contribution in [0.2, 0.25) is 0 Å². The Morgan fingerprint density at radius 2 is 1.68 bits per heavy atom. The van der Waals surface area contributed by atoms with Gasteiger partial charge in [-0.3, -0.25) is 4.79 Å². The molecule has 1 aliphatic heterocycles. The van der Waals surface area contributed by atoms with Crippen molar-refractivity contribution >= 4 is 39.8 Å². The highest BCUT2D eigenvalue weighted by atomic mass is 16.1. The predicted molar refractivity (Wildman–Crippen MR) is 167 cm³/mol. The quantitative estimate of drug-likeness (QED) is 0.232. The number of H-pyrrole nitrogens is 1. The number of hydrogen-bond donors (Lipinski definition) is 3. The van der Waals surface area contributed by atoms with Crippen molar-refractivity contribution in [1.29, 1.82) is 0 Å². The number of aryl methyl sites for hydroxylation is 2. The number of aromatic nitrogens is 3. The van der Waals surface area contributed by atoms with E-state index in [1.807, 2.05) is 69.4 Å². The van der Waals surface area contributed by atoms with E-state index in [-0.39, 0.29) is 5.91 Å². The number of aromatic amines is 1. The molecule has 8 heteroatoms. The number of nitrogens with one attached hydrogen (secondary N) is 3. The monoisotopic (exact) mass is 545 g/mol. The molecule has 3 heterocycles. The van der Waals surface area contributed by atoms with Gasteiger partial charge in [0, 0.05) is 60.6 Å². The van der Waals surface area contributed by atoms with Gasteiger partial charge in [-0.1, -0.05) is 29.8 Å². The highest BCUT2D eigenvalue weighted by Gasteiger charge is 2.17. The van der Waals surface area contributed by atoms with Gasteiger partial charge in [-0.25, -0.2) is 9.97 Å². The SMILES string of the molecule is Cc1ccc(C(=O)Nc2cccc(-c3nc(Nc4ccc(N5CCN(C)CC5)cc4)c4cc[nH]c4n3)c2C)c(C)c1. The third kappa shape index (κ3) is 5.51. The van der Waals surface area contributed by atoms with Crippen molar-refractivity contribution in [2.45, 2.75) is 20.8 Å². The minimum absolute atomic E-state index is 0.133. The summed E-state index contributed by atoms with van der Waals surface area (Å²) in [5, 5.41) is 7.52. The van der Waals surface area contributed by atoms with Gasteiger partial charge in [0.05, 0.1) is 5.39 Å². The normalized spacial score (nSPS) is 13.9. The molecule has 1 aliphatic rings. The lowest BCUT2D eigenvalue weighted by molar-refractivity contribution is 0.102. The molecule has 0 spiro atoms. The van der Waals surface area contributed by atoms with E-state index >= 15 is 0 Å². The van der Waals surface area contributed by atoms with E-state index in [9.17, 15) is 4.79 Å². The van der Waals surface area contributed by atoms with Gasteiger partial charge < -0.3 is 25.4 Å². The largest absolute Gasteiger partial charge is 0.369 e. The molecule has 0 atom stereocenters. The molecule has 0 saturated carbocycles. The van der Waals surface area contributed by atoms with Crippen molar-refractivity contribution in [3.63, 3.8) is 0 Å². The van der Waals surface area contributed by atoms with Crippen LogP contribution in [0.5, 0.6) is 0 Å². The fourth-order valence-electron chi connectivity index (χ4n) is 5.39. The maximum atomic E-state index is 13.1. The van der Waals surface area contributed by atoms with Crippen LogP contribution in [0.4, 0.5) is 22.9 Å². The molecule has 0 bridgehead atoms. The van der Waals surface area contributed by atoms with Crippen molar-refractivity contribution in [2.24, 2.45) is 0 Å². The van der Waals surface area contributed by atoms with Crippen LogP contribution in [0.1, 0.15) is 27.0 Å². The van der Waals surface area contributed by atoms with Crippen molar-refractivity contribution in [2.75, 3.05) is 48.8 Å². The Morgan fingerprint density at radius 1 is 0.902 bits per heavy atom. The molecule has 0 unspecified atom stereocenters. The summed E-state index contributed by atoms with van der Waals surface area (Å²) in [5.41, 5.74) is 8.17. The van der Waals surface area contributed by atoms with Crippen molar-refractivity contribution < 1.29 is 4.79 Å². The van der Waals surface area contributed by atoms with Gasteiger partial charge in [0.25, 0.3) is 5.91 Å². The molecule has 5 aromatic rings. The molecule has 1 saturated heterocycles. The molecule has 2 aromatic heterocycles. The average molecular weight is 546 g/mol. The highest BCUT2D eigenvalue weighted by Crippen LogP contribution is 2.32. The Kier molecular flexibility index (Phi) is 7.15. The molecule has 1 fully saturated rings. The second-order valence-electron chi connectivity index (χ2n) is 10.8. The standard InChI is InChI=1S/C33H35N7O/c1-21-8-13-26(22(2)20-21)33(41)36-29-7-5-6-27(23(29)3)31-37-30-28(14-15-34-30)32(38-31)35-24-9-11-25(12-10-24)40-18-16-39(4)17-19-40/h5-15,20H,16-19H2,1-4H3,(H,36,41)(H2,34,35,37,38). The average Bonchev–Trinajstić information content (AvgIpc) is 3.44. The number of hydrogen-bond acceptors (Lipinski definition) is 6. The highest BCUT2D eigenvalue weighted by molar-refractivity contribution is 6.06. The minimum Gasteiger partial charge on any atom is -0.369 e. The van der Waals surface area contributed by atoms with Crippen LogP contribution < -0.4 is 15.5 Å². The summed E-state index contributed by atoms with van der Waals surface area (Å²) in [6.07, 6.45) is 1.87. The Bertz CT molecular complexity index is 1720. The predicted octanol–water partition coefficient (Wildman–Crippen LogP) is 6.30. The number of nitrogens with zero attached hydrogens (tertiary/aromatic N) is 4. The summed E-state index contributed by atoms with van der Waals surface area (Å²) in [4.78, 5) is 30.9. The topological polar surface area (TPSA) is 89.2 Å². The molecule has 8 nitrogen and oxygen atoms in total. The summed E-state index contributed by atoms with van der Waals surface area (Å²) in [7, 11) is 2.17. The second-order valence-corrected chi connectivity index (χ2v) is 10.8. The number of amides is 1. The second kappa shape index (κ2) is 11.1. The molecule has 6 rings (SSSR count). The van der Waals surface area contributed by atoms with E-state index in [4.69, 9.17) is 9.97 Å². The molecule has 208 valence electrons. The van der Waals surface area contributed by atoms with Crippen molar-refractivity contribution in [3.05, 3.63) is 95.2 Å². The molecular formula is C33H35N7O. The first-order valence-electron chi connectivity index (χ1n) is 14.0. The first kappa shape index (κ1) is 26.5. The van der Waals surface area contributed by atoms with E-state index < -0.39 is 0 Å². The van der Waals surface area contributed by atoms with Gasteiger partial charge in [-0.2, -0.15) is 0 Å². The zero-order chi connectivity index (χ0) is 28.5. The molecular weight excluding hydrogens is 510 g/mol. The van der Waals surface area contributed by atoms with Crippen LogP contribution >= 0.6 is 0 Å². The van der Waals surface area contributed by atoms with E-state index in [0.717, 1.165) is 76.7 Å². The van der Waals surface area contributed by atoms with Crippen LogP contribution in [-0.2, 0) is 0 Å². The van der Waals surface area contributed by atoms with Crippen LogP contribution in [0.3, 0.4) is 0 Å². The Hall–Kier alpha value is -4.69. The molecule has 0 radical (unpaired) electrons. The van der Waals surface area contributed by atoms with E-state index in [2.05, 4.69) is 56.7 Å². The summed E-state index contributed by atoms with van der Waals surface area (Å²) >= 11 is 0. The zero-order valence-electron chi connectivity index (χ0n) is 24.0. The first-order chi connectivity index (χ1) is 19.9. The Labute approximate surface area is 240 Å². The number of anilines is 4. The van der Waals surface area contributed by atoms with E-state index in [1.165, 1.54) is 5.69 Å². The summed E-state index contributed by atoms with van der Waals surface area (Å²) in [5.74, 6) is 1.17. The maximum absolute atomic E-state index is 13.1. The molecule has 41 heavy (non-hydrogen) atoms. The van der Waals surface area contributed by atoms with Crippen molar-refractivity contribution in [3.8, 4) is 11.4 Å². The van der Waals surface area contributed by atoms with Gasteiger partial charge in [-0.15, -0.1) is 0 Å². The van der Waals surface area contributed by atoms with E-state index in [1.54, 1.807) is 0 Å². The maximum Gasteiger partial charge on any atom is 0.255 e. The Balaban J connectivity index is 1.27. The van der Waals surface area contributed by atoms with Crippen LogP contribution in [0.25, 0.3) is 22.4 Å². The lowest BCUT2D eigenvalue weighted by atomic mass is 10.0. The van der Waals surface area contributed by atoms with Gasteiger partial charge in [-0.05, 0) is 81.4 Å². The Morgan fingerprint density at radius 3 is 2.44 bits per heavy atom. The number of rotatable bonds is 6. The van der Waals surface area contributed by atoms with Crippen LogP contribution in [0.15, 0.2) is 72.9 Å². The van der Waals surface area contributed by atoms with Crippen LogP contribution in [0, 0.1) is 20.8 Å². The zero-order valence-corrected chi connectivity index (χ0v) is 24.0. The van der Waals surface area contributed by atoms with E-state index in [0.29, 0.717) is 11.4 Å². The van der Waals surface area contributed by atoms with Gasteiger partial charge in [0.2, 0.25) is 0 Å². The number of likely N-dealkylation sites (N-methyl/N-ethyl adjacent to an activating group) is 1. The summed E-state index contributed by atoms with van der Waals surface area (Å²) in [6, 6.07) is 22.2. The number of carbonyl (C=O) groups is 1. The van der Waals surface area contributed by atoms with Crippen molar-refractivity contribution in [1.82, 2.24) is 19.9 Å². The number of carbonyl (C=O) groups excluding carboxylic acids is 1. The van der Waals surface area contributed by atoms with Gasteiger partial charge in [0.1, 0.15) is 11.5 Å². The lowest BCUT2D eigenvalue weighted by Crippen LogP contribution is -2.44. The van der Waals surface area contributed by atoms with Gasteiger partial charge >= 0.3 is 0 Å². The van der Waals surface area contributed by atoms with Crippen LogP contribution in [-0.4, -0.2) is 59.0 Å². The molecule has 0 aliphatic carbocycles. The minimum atomic E-state index is -0.133. The lowest BCUT2D eigenvalue weighted by Gasteiger charge is -2.34. The number of benzene rings is 3. The first-order valence-corrected chi connectivity index (χ1v) is 14.0. The molecule has 3 aromatic carbocycles. The fraction of sp³-hybridized carbons (Fsp3) is 0.242. The molecule has 1 amide bonds. The summed E-state index contributed by atoms with van der Waals surface area (Å²) < 4.78 is 0. The number of fused-ring (bicyclic) bond motifs is 1. The summed E-state index contributed by atoms with van der Waals surface area (Å²) in [6.45, 7) is 10.2. The third-order valence-electron chi connectivity index (χ3n) is 7.86. The third-order valence-corrected chi connectivity index (χ3v) is 7.86. The molecule has 3 N–H and O–H groups in total. The number of piperazine rings is 1.